The number of esters is 1. The van der Waals surface area contributed by atoms with Crippen LogP contribution in [0, 0.1) is 5.92 Å². The van der Waals surface area contributed by atoms with Crippen molar-refractivity contribution < 1.29 is 19.1 Å². The summed E-state index contributed by atoms with van der Waals surface area (Å²) < 4.78 is 10.5. The van der Waals surface area contributed by atoms with Crippen LogP contribution in [0.4, 0.5) is 4.79 Å². The van der Waals surface area contributed by atoms with Crippen LogP contribution in [0.5, 0.6) is 0 Å². The predicted molar refractivity (Wildman–Crippen MR) is 91.4 cm³/mol. The second-order valence-electron chi connectivity index (χ2n) is 7.37. The number of amides is 1. The fourth-order valence-corrected chi connectivity index (χ4v) is 2.70. The SMILES string of the molecule is CC(C)(C)OC(=O)NC1CC(CCC(=O)OCc2ccccc2)C1. The average molecular weight is 333 g/mol. The van der Waals surface area contributed by atoms with E-state index in [1.165, 1.54) is 0 Å². The van der Waals surface area contributed by atoms with Gasteiger partial charge in [-0.05, 0) is 51.5 Å². The van der Waals surface area contributed by atoms with Crippen LogP contribution in [0.2, 0.25) is 0 Å². The minimum atomic E-state index is -0.476. The molecule has 1 saturated carbocycles. The summed E-state index contributed by atoms with van der Waals surface area (Å²) in [6, 6.07) is 9.82. The van der Waals surface area contributed by atoms with Crippen LogP contribution in [0.3, 0.4) is 0 Å². The molecule has 132 valence electrons. The standard InChI is InChI=1S/C19H27NO4/c1-19(2,3)24-18(22)20-16-11-15(12-16)9-10-17(21)23-13-14-7-5-4-6-8-14/h4-8,15-16H,9-13H2,1-3H3,(H,20,22). The Labute approximate surface area is 143 Å². The van der Waals surface area contributed by atoms with Gasteiger partial charge in [0.2, 0.25) is 0 Å². The highest BCUT2D eigenvalue weighted by molar-refractivity contribution is 5.69. The monoisotopic (exact) mass is 333 g/mol. The fraction of sp³-hybridized carbons (Fsp3) is 0.579. The number of carbonyl (C=O) groups excluding carboxylic acids is 2. The van der Waals surface area contributed by atoms with E-state index in [4.69, 9.17) is 9.47 Å². The molecular formula is C19H27NO4. The van der Waals surface area contributed by atoms with Gasteiger partial charge in [-0.15, -0.1) is 0 Å². The minimum absolute atomic E-state index is 0.158. The van der Waals surface area contributed by atoms with E-state index in [1.54, 1.807) is 0 Å². The van der Waals surface area contributed by atoms with E-state index in [1.807, 2.05) is 51.1 Å². The van der Waals surface area contributed by atoms with Crippen LogP contribution in [0.25, 0.3) is 0 Å². The number of carbonyl (C=O) groups is 2. The highest BCUT2D eigenvalue weighted by atomic mass is 16.6. The summed E-state index contributed by atoms with van der Waals surface area (Å²) in [5.74, 6) is 0.302. The van der Waals surface area contributed by atoms with Gasteiger partial charge in [-0.3, -0.25) is 4.79 Å². The molecule has 2 rings (SSSR count). The normalized spacial score (nSPS) is 20.0. The first kappa shape index (κ1) is 18.3. The van der Waals surface area contributed by atoms with Gasteiger partial charge in [0.25, 0.3) is 0 Å². The number of alkyl carbamates (subject to hydrolysis) is 1. The molecule has 0 heterocycles. The Morgan fingerprint density at radius 3 is 2.46 bits per heavy atom. The molecule has 1 amide bonds. The van der Waals surface area contributed by atoms with Crippen molar-refractivity contribution in [2.45, 2.75) is 64.7 Å². The summed E-state index contributed by atoms with van der Waals surface area (Å²) in [4.78, 5) is 23.4. The lowest BCUT2D eigenvalue weighted by atomic mass is 9.77. The maximum absolute atomic E-state index is 11.8. The lowest BCUT2D eigenvalue weighted by molar-refractivity contribution is -0.145. The number of hydrogen-bond acceptors (Lipinski definition) is 4. The molecule has 1 aromatic carbocycles. The topological polar surface area (TPSA) is 64.6 Å². The molecule has 1 aromatic rings. The Balaban J connectivity index is 1.55. The van der Waals surface area contributed by atoms with Crippen molar-refractivity contribution in [1.82, 2.24) is 5.32 Å². The third-order valence-corrected chi connectivity index (χ3v) is 3.96. The molecule has 1 aliphatic carbocycles. The van der Waals surface area contributed by atoms with E-state index in [0.29, 0.717) is 18.9 Å². The van der Waals surface area contributed by atoms with Crippen molar-refractivity contribution in [1.29, 1.82) is 0 Å². The summed E-state index contributed by atoms with van der Waals surface area (Å²) in [5, 5.41) is 2.86. The Kier molecular flexibility index (Phi) is 6.23. The molecule has 0 atom stereocenters. The Bertz CT molecular complexity index is 544. The molecule has 0 radical (unpaired) electrons. The summed E-state index contributed by atoms with van der Waals surface area (Å²) >= 11 is 0. The maximum Gasteiger partial charge on any atom is 0.407 e. The smallest absolute Gasteiger partial charge is 0.407 e. The first-order chi connectivity index (χ1) is 11.3. The third-order valence-electron chi connectivity index (χ3n) is 3.96. The second kappa shape index (κ2) is 8.18. The zero-order chi connectivity index (χ0) is 17.6. The van der Waals surface area contributed by atoms with Gasteiger partial charge in [-0.2, -0.15) is 0 Å². The van der Waals surface area contributed by atoms with Gasteiger partial charge in [-0.1, -0.05) is 30.3 Å². The highest BCUT2D eigenvalue weighted by Crippen LogP contribution is 2.31. The molecule has 1 aliphatic rings. The van der Waals surface area contributed by atoms with E-state index in [9.17, 15) is 9.59 Å². The molecule has 0 saturated heterocycles. The molecule has 5 heteroatoms. The van der Waals surface area contributed by atoms with Crippen molar-refractivity contribution in [2.24, 2.45) is 5.92 Å². The highest BCUT2D eigenvalue weighted by Gasteiger charge is 2.31. The third kappa shape index (κ3) is 6.60. The Morgan fingerprint density at radius 1 is 1.17 bits per heavy atom. The number of benzene rings is 1. The summed E-state index contributed by atoms with van der Waals surface area (Å²) in [7, 11) is 0. The molecule has 0 bridgehead atoms. The van der Waals surface area contributed by atoms with Gasteiger partial charge < -0.3 is 14.8 Å². The first-order valence-corrected chi connectivity index (χ1v) is 8.51. The number of nitrogens with one attached hydrogen (secondary N) is 1. The lowest BCUT2D eigenvalue weighted by Gasteiger charge is -2.36. The van der Waals surface area contributed by atoms with Gasteiger partial charge in [0.15, 0.2) is 0 Å². The summed E-state index contributed by atoms with van der Waals surface area (Å²) in [5.41, 5.74) is 0.520. The zero-order valence-electron chi connectivity index (χ0n) is 14.7. The molecule has 0 aliphatic heterocycles. The molecule has 1 fully saturated rings. The van der Waals surface area contributed by atoms with E-state index < -0.39 is 5.60 Å². The molecule has 24 heavy (non-hydrogen) atoms. The molecule has 1 N–H and O–H groups in total. The molecular weight excluding hydrogens is 306 g/mol. The quantitative estimate of drug-likeness (QED) is 0.804. The summed E-state index contributed by atoms with van der Waals surface area (Å²) in [6.07, 6.45) is 2.65. The maximum atomic E-state index is 11.8. The average Bonchev–Trinajstić information content (AvgIpc) is 2.46. The van der Waals surface area contributed by atoms with E-state index in [0.717, 1.165) is 24.8 Å². The minimum Gasteiger partial charge on any atom is -0.461 e. The van der Waals surface area contributed by atoms with Crippen molar-refractivity contribution in [3.8, 4) is 0 Å². The van der Waals surface area contributed by atoms with Gasteiger partial charge in [-0.25, -0.2) is 4.79 Å². The van der Waals surface area contributed by atoms with Gasteiger partial charge >= 0.3 is 12.1 Å². The van der Waals surface area contributed by atoms with E-state index >= 15 is 0 Å². The molecule has 0 unspecified atom stereocenters. The van der Waals surface area contributed by atoms with E-state index in [2.05, 4.69) is 5.32 Å². The van der Waals surface area contributed by atoms with Crippen LogP contribution in [0.1, 0.15) is 52.0 Å². The Morgan fingerprint density at radius 2 is 1.83 bits per heavy atom. The molecule has 0 spiro atoms. The molecule has 0 aromatic heterocycles. The second-order valence-corrected chi connectivity index (χ2v) is 7.37. The molecule has 5 nitrogen and oxygen atoms in total. The largest absolute Gasteiger partial charge is 0.461 e. The van der Waals surface area contributed by atoms with Crippen LogP contribution < -0.4 is 5.32 Å². The fourth-order valence-electron chi connectivity index (χ4n) is 2.70. The zero-order valence-corrected chi connectivity index (χ0v) is 14.7. The van der Waals surface area contributed by atoms with Crippen molar-refractivity contribution >= 4 is 12.1 Å². The van der Waals surface area contributed by atoms with Crippen LogP contribution in [-0.2, 0) is 20.9 Å². The van der Waals surface area contributed by atoms with Gasteiger partial charge in [0.05, 0.1) is 0 Å². The van der Waals surface area contributed by atoms with Gasteiger partial charge in [0.1, 0.15) is 12.2 Å². The number of ether oxygens (including phenoxy) is 2. The van der Waals surface area contributed by atoms with Crippen molar-refractivity contribution in [2.75, 3.05) is 0 Å². The lowest BCUT2D eigenvalue weighted by Crippen LogP contribution is -2.46. The Hall–Kier alpha value is -2.04. The number of rotatable bonds is 6. The van der Waals surface area contributed by atoms with Crippen LogP contribution >= 0.6 is 0 Å². The van der Waals surface area contributed by atoms with Crippen molar-refractivity contribution in [3.63, 3.8) is 0 Å². The van der Waals surface area contributed by atoms with Gasteiger partial charge in [0, 0.05) is 12.5 Å². The van der Waals surface area contributed by atoms with Crippen LogP contribution in [-0.4, -0.2) is 23.7 Å². The summed E-state index contributed by atoms with van der Waals surface area (Å²) in [6.45, 7) is 5.86. The predicted octanol–water partition coefficient (Wildman–Crippen LogP) is 3.81. The van der Waals surface area contributed by atoms with Crippen molar-refractivity contribution in [3.05, 3.63) is 35.9 Å². The van der Waals surface area contributed by atoms with Crippen LogP contribution in [0.15, 0.2) is 30.3 Å². The van der Waals surface area contributed by atoms with E-state index in [-0.39, 0.29) is 18.1 Å². The first-order valence-electron chi connectivity index (χ1n) is 8.51. The number of hydrogen-bond donors (Lipinski definition) is 1.